The van der Waals surface area contributed by atoms with Crippen LogP contribution in [0.3, 0.4) is 0 Å². The summed E-state index contributed by atoms with van der Waals surface area (Å²) in [5, 5.41) is 3.28. The summed E-state index contributed by atoms with van der Waals surface area (Å²) in [4.78, 5) is 6.71. The number of anilines is 1. The summed E-state index contributed by atoms with van der Waals surface area (Å²) in [6.07, 6.45) is 4.28. The Hall–Kier alpha value is -1.09. The average molecular weight is 221 g/mol. The zero-order valence-electron chi connectivity index (χ0n) is 10.7. The molecule has 0 aromatic carbocycles. The molecule has 0 aliphatic carbocycles. The smallest absolute Gasteiger partial charge is 0.125 e. The van der Waals surface area contributed by atoms with E-state index >= 15 is 0 Å². The molecule has 1 aromatic heterocycles. The fraction of sp³-hybridized carbons (Fsp3) is 0.615. The lowest BCUT2D eigenvalue weighted by atomic mass is 10.2. The summed E-state index contributed by atoms with van der Waals surface area (Å²) in [5.74, 6) is 0.976. The monoisotopic (exact) mass is 221 g/mol. The second-order valence-electron chi connectivity index (χ2n) is 4.22. The number of pyridine rings is 1. The fourth-order valence-electron chi connectivity index (χ4n) is 1.65. The molecule has 1 N–H and O–H groups in total. The van der Waals surface area contributed by atoms with Crippen molar-refractivity contribution < 1.29 is 0 Å². The summed E-state index contributed by atoms with van der Waals surface area (Å²) in [5.41, 5.74) is 1.28. The molecule has 0 saturated carbocycles. The molecule has 0 spiro atoms. The van der Waals surface area contributed by atoms with E-state index in [0.717, 1.165) is 31.9 Å². The van der Waals surface area contributed by atoms with Crippen molar-refractivity contribution >= 4 is 5.82 Å². The molecule has 0 unspecified atom stereocenters. The first kappa shape index (κ1) is 13.0. The van der Waals surface area contributed by atoms with Gasteiger partial charge in [0.05, 0.1) is 0 Å². The van der Waals surface area contributed by atoms with Gasteiger partial charge in [-0.2, -0.15) is 0 Å². The normalized spacial score (nSPS) is 10.8. The highest BCUT2D eigenvalue weighted by Crippen LogP contribution is 2.07. The third-order valence-electron chi connectivity index (χ3n) is 2.44. The van der Waals surface area contributed by atoms with Crippen molar-refractivity contribution in [3.63, 3.8) is 0 Å². The lowest BCUT2D eigenvalue weighted by Gasteiger charge is -2.15. The summed E-state index contributed by atoms with van der Waals surface area (Å²) in [6, 6.07) is 4.21. The van der Waals surface area contributed by atoms with Crippen molar-refractivity contribution in [3.05, 3.63) is 23.9 Å². The van der Waals surface area contributed by atoms with Crippen LogP contribution < -0.4 is 5.32 Å². The SMILES string of the molecule is CCCNc1ccc(CN(C)CCC)cn1. The van der Waals surface area contributed by atoms with E-state index in [2.05, 4.69) is 48.2 Å². The molecule has 1 rings (SSSR count). The lowest BCUT2D eigenvalue weighted by molar-refractivity contribution is 0.327. The van der Waals surface area contributed by atoms with Crippen LogP contribution in [0.15, 0.2) is 18.3 Å². The molecule has 0 saturated heterocycles. The molecule has 16 heavy (non-hydrogen) atoms. The predicted molar refractivity (Wildman–Crippen MR) is 69.6 cm³/mol. The largest absolute Gasteiger partial charge is 0.370 e. The highest BCUT2D eigenvalue weighted by molar-refractivity contribution is 5.35. The van der Waals surface area contributed by atoms with Crippen molar-refractivity contribution in [3.8, 4) is 0 Å². The van der Waals surface area contributed by atoms with Gasteiger partial charge in [0, 0.05) is 19.3 Å². The van der Waals surface area contributed by atoms with Gasteiger partial charge in [-0.3, -0.25) is 0 Å². The van der Waals surface area contributed by atoms with Crippen molar-refractivity contribution in [2.24, 2.45) is 0 Å². The standard InChI is InChI=1S/C13H23N3/c1-4-8-14-13-7-6-12(10-15-13)11-16(3)9-5-2/h6-7,10H,4-5,8-9,11H2,1-3H3,(H,14,15). The van der Waals surface area contributed by atoms with Crippen molar-refractivity contribution in [1.29, 1.82) is 0 Å². The van der Waals surface area contributed by atoms with E-state index in [1.54, 1.807) is 0 Å². The van der Waals surface area contributed by atoms with Crippen LogP contribution in [0, 0.1) is 0 Å². The average Bonchev–Trinajstić information content (AvgIpc) is 2.28. The number of hydrogen-bond acceptors (Lipinski definition) is 3. The second-order valence-corrected chi connectivity index (χ2v) is 4.22. The highest BCUT2D eigenvalue weighted by Gasteiger charge is 1.99. The van der Waals surface area contributed by atoms with Gasteiger partial charge in [-0.25, -0.2) is 4.98 Å². The van der Waals surface area contributed by atoms with Gasteiger partial charge in [0.15, 0.2) is 0 Å². The number of hydrogen-bond donors (Lipinski definition) is 1. The first-order valence-electron chi connectivity index (χ1n) is 6.13. The molecule has 0 amide bonds. The maximum absolute atomic E-state index is 4.39. The van der Waals surface area contributed by atoms with E-state index in [4.69, 9.17) is 0 Å². The Morgan fingerprint density at radius 3 is 2.62 bits per heavy atom. The van der Waals surface area contributed by atoms with Crippen molar-refractivity contribution in [2.75, 3.05) is 25.5 Å². The van der Waals surface area contributed by atoms with Crippen LogP contribution in [0.4, 0.5) is 5.82 Å². The van der Waals surface area contributed by atoms with Crippen LogP contribution in [0.1, 0.15) is 32.3 Å². The van der Waals surface area contributed by atoms with Crippen LogP contribution in [-0.2, 0) is 6.54 Å². The van der Waals surface area contributed by atoms with Gasteiger partial charge in [0.25, 0.3) is 0 Å². The quantitative estimate of drug-likeness (QED) is 0.767. The Labute approximate surface area is 98.9 Å². The first-order chi connectivity index (χ1) is 7.76. The zero-order valence-corrected chi connectivity index (χ0v) is 10.7. The van der Waals surface area contributed by atoms with Gasteiger partial charge < -0.3 is 10.2 Å². The Morgan fingerprint density at radius 2 is 2.06 bits per heavy atom. The van der Waals surface area contributed by atoms with E-state index < -0.39 is 0 Å². The Balaban J connectivity index is 2.44. The lowest BCUT2D eigenvalue weighted by Crippen LogP contribution is -2.18. The topological polar surface area (TPSA) is 28.2 Å². The summed E-state index contributed by atoms with van der Waals surface area (Å²) in [7, 11) is 2.15. The number of nitrogens with zero attached hydrogens (tertiary/aromatic N) is 2. The summed E-state index contributed by atoms with van der Waals surface area (Å²) in [6.45, 7) is 7.46. The first-order valence-corrected chi connectivity index (χ1v) is 6.13. The van der Waals surface area contributed by atoms with Crippen molar-refractivity contribution in [2.45, 2.75) is 33.2 Å². The molecule has 0 bridgehead atoms. The Morgan fingerprint density at radius 1 is 1.25 bits per heavy atom. The van der Waals surface area contributed by atoms with E-state index in [-0.39, 0.29) is 0 Å². The zero-order chi connectivity index (χ0) is 11.8. The predicted octanol–water partition coefficient (Wildman–Crippen LogP) is 2.75. The minimum atomic E-state index is 0.976. The van der Waals surface area contributed by atoms with Gasteiger partial charge in [0.2, 0.25) is 0 Å². The van der Waals surface area contributed by atoms with Gasteiger partial charge in [-0.15, -0.1) is 0 Å². The van der Waals surface area contributed by atoms with E-state index in [1.807, 2.05) is 6.20 Å². The summed E-state index contributed by atoms with van der Waals surface area (Å²) >= 11 is 0. The number of aromatic nitrogens is 1. The number of rotatable bonds is 7. The van der Waals surface area contributed by atoms with E-state index in [1.165, 1.54) is 12.0 Å². The molecule has 1 aromatic rings. The maximum Gasteiger partial charge on any atom is 0.125 e. The second kappa shape index (κ2) is 7.23. The molecule has 1 heterocycles. The summed E-state index contributed by atoms with van der Waals surface area (Å²) < 4.78 is 0. The molecule has 0 fully saturated rings. The van der Waals surface area contributed by atoms with Gasteiger partial charge in [-0.05, 0) is 38.1 Å². The number of nitrogens with one attached hydrogen (secondary N) is 1. The van der Waals surface area contributed by atoms with Crippen LogP contribution in [0.2, 0.25) is 0 Å². The minimum absolute atomic E-state index is 0.976. The van der Waals surface area contributed by atoms with E-state index in [0.29, 0.717) is 0 Å². The Kier molecular flexibility index (Phi) is 5.86. The van der Waals surface area contributed by atoms with Crippen LogP contribution >= 0.6 is 0 Å². The molecule has 0 aliphatic rings. The van der Waals surface area contributed by atoms with Crippen LogP contribution in [-0.4, -0.2) is 30.0 Å². The Bertz CT molecular complexity index is 282. The van der Waals surface area contributed by atoms with Crippen LogP contribution in [0.5, 0.6) is 0 Å². The van der Waals surface area contributed by atoms with Gasteiger partial charge in [0.1, 0.15) is 5.82 Å². The van der Waals surface area contributed by atoms with Crippen molar-refractivity contribution in [1.82, 2.24) is 9.88 Å². The molecule has 0 radical (unpaired) electrons. The highest BCUT2D eigenvalue weighted by atomic mass is 15.1. The molecule has 0 aliphatic heterocycles. The third kappa shape index (κ3) is 4.62. The molecule has 3 nitrogen and oxygen atoms in total. The van der Waals surface area contributed by atoms with Gasteiger partial charge in [-0.1, -0.05) is 19.9 Å². The molecule has 3 heteroatoms. The maximum atomic E-state index is 4.39. The third-order valence-corrected chi connectivity index (χ3v) is 2.44. The molecule has 90 valence electrons. The van der Waals surface area contributed by atoms with E-state index in [9.17, 15) is 0 Å². The molecular weight excluding hydrogens is 198 g/mol. The fourth-order valence-corrected chi connectivity index (χ4v) is 1.65. The van der Waals surface area contributed by atoms with Gasteiger partial charge >= 0.3 is 0 Å². The molecule has 0 atom stereocenters. The van der Waals surface area contributed by atoms with Crippen LogP contribution in [0.25, 0.3) is 0 Å². The molecular formula is C13H23N3. The minimum Gasteiger partial charge on any atom is -0.370 e.